The number of rotatable bonds is 4. The highest BCUT2D eigenvalue weighted by Gasteiger charge is 2.42. The van der Waals surface area contributed by atoms with Crippen molar-refractivity contribution in [2.75, 3.05) is 19.0 Å². The van der Waals surface area contributed by atoms with Gasteiger partial charge in [-0.05, 0) is 55.8 Å². The minimum absolute atomic E-state index is 0.169. The summed E-state index contributed by atoms with van der Waals surface area (Å²) in [7, 11) is 3.85. The van der Waals surface area contributed by atoms with Crippen LogP contribution in [-0.4, -0.2) is 24.4 Å². The Hall–Kier alpha value is -2.17. The molecule has 4 rings (SSSR count). The van der Waals surface area contributed by atoms with Crippen molar-refractivity contribution in [3.8, 4) is 0 Å². The van der Waals surface area contributed by atoms with E-state index in [2.05, 4.69) is 71.7 Å². The topological polar surface area (TPSA) is 6.25 Å². The van der Waals surface area contributed by atoms with Crippen molar-refractivity contribution in [1.82, 2.24) is 0 Å². The second kappa shape index (κ2) is 8.88. The van der Waals surface area contributed by atoms with Crippen LogP contribution in [-0.2, 0) is 10.8 Å². The van der Waals surface area contributed by atoms with Gasteiger partial charge in [-0.15, -0.1) is 0 Å². The van der Waals surface area contributed by atoms with Gasteiger partial charge in [0.15, 0.2) is 5.71 Å². The summed E-state index contributed by atoms with van der Waals surface area (Å²) < 4.78 is 46.7. The Morgan fingerprint density at radius 1 is 0.848 bits per heavy atom. The minimum atomic E-state index is -0.453. The van der Waals surface area contributed by atoms with E-state index >= 15 is 0 Å². The number of benzene rings is 2. The monoisotopic (exact) mass is 570 g/mol. The van der Waals surface area contributed by atoms with Crippen molar-refractivity contribution in [3.05, 3.63) is 105 Å². The third-order valence-electron chi connectivity index (χ3n) is 6.68. The summed E-state index contributed by atoms with van der Waals surface area (Å²) >= 11 is 7.07. The molecule has 2 heterocycles. The molecule has 2 aliphatic rings. The zero-order valence-electron chi connectivity index (χ0n) is 24.8. The van der Waals surface area contributed by atoms with E-state index in [4.69, 9.17) is 6.85 Å². The molecule has 2 aromatic carbocycles. The number of halogens is 2. The molecule has 0 aromatic heterocycles. The molecule has 4 heteroatoms. The van der Waals surface area contributed by atoms with Crippen molar-refractivity contribution in [1.29, 1.82) is 0 Å². The molecule has 0 N–H and O–H groups in total. The van der Waals surface area contributed by atoms with Gasteiger partial charge >= 0.3 is 0 Å². The average Bonchev–Trinajstić information content (AvgIpc) is 3.16. The Balaban J connectivity index is 1.72. The van der Waals surface area contributed by atoms with Crippen molar-refractivity contribution in [2.24, 2.45) is 0 Å². The van der Waals surface area contributed by atoms with E-state index in [1.165, 1.54) is 0 Å². The lowest BCUT2D eigenvalue weighted by molar-refractivity contribution is -0.401. The van der Waals surface area contributed by atoms with Crippen LogP contribution < -0.4 is 4.90 Å². The standard InChI is InChI=1S/C29H31Br2N2/c1-28(2)22-18-20(30)14-16-24(22)32(5)26(28)12-10-8-7-9-11-13-27-29(3,4)23-19-21(31)15-17-25(23)33(27)6/h7-19H,1-6H3/q+1/i7D,8D,9D,10D,11D. The number of hydrogen-bond acceptors (Lipinski definition) is 1. The molecule has 0 radical (unpaired) electrons. The Kier molecular flexibility index (Phi) is 4.90. The van der Waals surface area contributed by atoms with Crippen LogP contribution in [0.15, 0.2) is 93.5 Å². The second-order valence-corrected chi connectivity index (χ2v) is 11.2. The van der Waals surface area contributed by atoms with Gasteiger partial charge < -0.3 is 4.90 Å². The first-order chi connectivity index (χ1) is 17.6. The molecule has 2 aromatic rings. The van der Waals surface area contributed by atoms with Crippen molar-refractivity contribution < 1.29 is 11.4 Å². The summed E-state index contributed by atoms with van der Waals surface area (Å²) in [6, 6.07) is 10.5. The van der Waals surface area contributed by atoms with E-state index in [9.17, 15) is 0 Å². The zero-order chi connectivity index (χ0) is 28.3. The maximum atomic E-state index is 8.59. The first-order valence-electron chi connectivity index (χ1n) is 13.3. The third kappa shape index (κ3) is 4.24. The summed E-state index contributed by atoms with van der Waals surface area (Å²) in [6.07, 6.45) is 3.20. The molecule has 33 heavy (non-hydrogen) atoms. The predicted molar refractivity (Wildman–Crippen MR) is 149 cm³/mol. The molecule has 0 fully saturated rings. The van der Waals surface area contributed by atoms with Crippen LogP contribution in [0.1, 0.15) is 45.7 Å². The number of nitrogens with zero attached hydrogens (tertiary/aromatic N) is 2. The van der Waals surface area contributed by atoms with Gasteiger partial charge in [-0.2, -0.15) is 4.58 Å². The Morgan fingerprint density at radius 2 is 1.45 bits per heavy atom. The van der Waals surface area contributed by atoms with Gasteiger partial charge in [0.2, 0.25) is 5.69 Å². The number of likely N-dealkylation sites (N-methyl/N-ethyl adjacent to an activating group) is 1. The zero-order valence-corrected chi connectivity index (χ0v) is 22.9. The van der Waals surface area contributed by atoms with Gasteiger partial charge in [-0.1, -0.05) is 76.0 Å². The SMILES string of the molecule is [2H]C(=CC1=[N+](C)c2ccc(Br)cc2C1(C)C)C([2H])=C([2H])C([2H])=C([2H])C=C1N(C)c2ccc(Br)cc2C1(C)C. The first-order valence-corrected chi connectivity index (χ1v) is 12.4. The normalized spacial score (nSPS) is 23.8. The summed E-state index contributed by atoms with van der Waals surface area (Å²) in [6.45, 7) is 8.26. The Bertz CT molecular complexity index is 1510. The lowest BCUT2D eigenvalue weighted by Crippen LogP contribution is -2.26. The largest absolute Gasteiger partial charge is 0.347 e. The van der Waals surface area contributed by atoms with Gasteiger partial charge in [-0.3, -0.25) is 0 Å². The fourth-order valence-corrected chi connectivity index (χ4v) is 5.57. The molecule has 2 nitrogen and oxygen atoms in total. The fraction of sp³-hybridized carbons (Fsp3) is 0.276. The van der Waals surface area contributed by atoms with Crippen LogP contribution in [0.3, 0.4) is 0 Å². The highest BCUT2D eigenvalue weighted by Crippen LogP contribution is 2.47. The van der Waals surface area contributed by atoms with Crippen LogP contribution in [0, 0.1) is 0 Å². The summed E-state index contributed by atoms with van der Waals surface area (Å²) in [5.74, 6) is 0. The van der Waals surface area contributed by atoms with Crippen LogP contribution in [0.4, 0.5) is 11.4 Å². The lowest BCUT2D eigenvalue weighted by Gasteiger charge is -2.23. The number of allylic oxidation sites excluding steroid dienone is 8. The van der Waals surface area contributed by atoms with Crippen LogP contribution in [0.25, 0.3) is 0 Å². The molecule has 0 unspecified atom stereocenters. The molecular formula is C29H31Br2N2+. The van der Waals surface area contributed by atoms with E-state index in [0.29, 0.717) is 0 Å². The van der Waals surface area contributed by atoms with E-state index in [1.54, 1.807) is 12.2 Å². The summed E-state index contributed by atoms with van der Waals surface area (Å²) in [5.41, 5.74) is 5.10. The molecule has 0 saturated heterocycles. The molecule has 2 aliphatic heterocycles. The fourth-order valence-electron chi connectivity index (χ4n) is 4.84. The third-order valence-corrected chi connectivity index (χ3v) is 7.66. The molecule has 0 aliphatic carbocycles. The van der Waals surface area contributed by atoms with Crippen LogP contribution >= 0.6 is 31.9 Å². The molecule has 0 saturated carbocycles. The van der Waals surface area contributed by atoms with Gasteiger partial charge in [0.1, 0.15) is 7.05 Å². The van der Waals surface area contributed by atoms with E-state index in [-0.39, 0.29) is 12.1 Å². The van der Waals surface area contributed by atoms with Gasteiger partial charge in [-0.25, -0.2) is 0 Å². The molecule has 0 atom stereocenters. The predicted octanol–water partition coefficient (Wildman–Crippen LogP) is 8.20. The summed E-state index contributed by atoms with van der Waals surface area (Å²) in [4.78, 5) is 2.00. The Morgan fingerprint density at radius 3 is 2.18 bits per heavy atom. The van der Waals surface area contributed by atoms with Gasteiger partial charge in [0, 0.05) is 50.5 Å². The lowest BCUT2D eigenvalue weighted by atomic mass is 9.81. The van der Waals surface area contributed by atoms with Crippen molar-refractivity contribution in [3.63, 3.8) is 0 Å². The van der Waals surface area contributed by atoms with Gasteiger partial charge in [0.05, 0.1) is 12.3 Å². The van der Waals surface area contributed by atoms with E-state index < -0.39 is 29.0 Å². The summed E-state index contributed by atoms with van der Waals surface area (Å²) in [5, 5.41) is 0. The number of anilines is 1. The van der Waals surface area contributed by atoms with Crippen LogP contribution in [0.2, 0.25) is 0 Å². The molecule has 0 spiro atoms. The number of hydrogen-bond donors (Lipinski definition) is 0. The Labute approximate surface area is 222 Å². The maximum absolute atomic E-state index is 8.59. The minimum Gasteiger partial charge on any atom is -0.347 e. The molecular weight excluding hydrogens is 536 g/mol. The average molecular weight is 572 g/mol. The van der Waals surface area contributed by atoms with Crippen LogP contribution in [0.5, 0.6) is 0 Å². The quantitative estimate of drug-likeness (QED) is 0.265. The smallest absolute Gasteiger partial charge is 0.209 e. The van der Waals surface area contributed by atoms with Crippen molar-refractivity contribution >= 4 is 48.9 Å². The van der Waals surface area contributed by atoms with Crippen molar-refractivity contribution in [2.45, 2.75) is 38.5 Å². The van der Waals surface area contributed by atoms with E-state index in [1.807, 2.05) is 47.8 Å². The first kappa shape index (κ1) is 18.2. The molecule has 0 bridgehead atoms. The maximum Gasteiger partial charge on any atom is 0.209 e. The highest BCUT2D eigenvalue weighted by atomic mass is 79.9. The molecule has 0 amide bonds. The van der Waals surface area contributed by atoms with E-state index in [0.717, 1.165) is 42.9 Å². The number of fused-ring (bicyclic) bond motifs is 2. The molecule has 170 valence electrons. The van der Waals surface area contributed by atoms with Gasteiger partial charge in [0.25, 0.3) is 0 Å². The highest BCUT2D eigenvalue weighted by molar-refractivity contribution is 9.10. The second-order valence-electron chi connectivity index (χ2n) is 9.41.